The summed E-state index contributed by atoms with van der Waals surface area (Å²) in [5.74, 6) is 6.29. The van der Waals surface area contributed by atoms with Crippen molar-refractivity contribution in [2.24, 2.45) is 0 Å². The highest BCUT2D eigenvalue weighted by Gasteiger charge is 1.99. The molecule has 3 heteroatoms. The lowest BCUT2D eigenvalue weighted by Gasteiger charge is -2.11. The van der Waals surface area contributed by atoms with Crippen molar-refractivity contribution < 1.29 is 9.84 Å². The summed E-state index contributed by atoms with van der Waals surface area (Å²) >= 11 is 0. The Labute approximate surface area is 103 Å². The molecule has 1 N–H and O–H groups in total. The van der Waals surface area contributed by atoms with Gasteiger partial charge in [-0.1, -0.05) is 24.0 Å². The summed E-state index contributed by atoms with van der Waals surface area (Å²) in [6.07, 6.45) is 0.981. The molecular weight excluding hydrogens is 214 g/mol. The van der Waals surface area contributed by atoms with Crippen molar-refractivity contribution in [3.63, 3.8) is 0 Å². The fraction of sp³-hybridized carbons (Fsp3) is 0.429. The van der Waals surface area contributed by atoms with Crippen LogP contribution in [-0.4, -0.2) is 43.9 Å². The second-order valence-corrected chi connectivity index (χ2v) is 3.96. The molecule has 0 spiro atoms. The quantitative estimate of drug-likeness (QED) is 0.616. The summed E-state index contributed by atoms with van der Waals surface area (Å²) in [7, 11) is 4.08. The van der Waals surface area contributed by atoms with Crippen LogP contribution >= 0.6 is 0 Å². The van der Waals surface area contributed by atoms with Gasteiger partial charge in [-0.15, -0.1) is 0 Å². The minimum atomic E-state index is -0.130. The van der Waals surface area contributed by atoms with Crippen molar-refractivity contribution in [2.45, 2.75) is 6.42 Å². The smallest absolute Gasteiger partial charge is 0.134 e. The van der Waals surface area contributed by atoms with Crippen LogP contribution < -0.4 is 4.74 Å². The molecule has 0 atom stereocenters. The second kappa shape index (κ2) is 7.72. The topological polar surface area (TPSA) is 32.7 Å². The maximum Gasteiger partial charge on any atom is 0.134 e. The summed E-state index contributed by atoms with van der Waals surface area (Å²) in [6.45, 7) is 1.55. The number of para-hydroxylation sites is 1. The van der Waals surface area contributed by atoms with Gasteiger partial charge in [-0.25, -0.2) is 0 Å². The summed E-state index contributed by atoms with van der Waals surface area (Å²) in [5.41, 5.74) is 0.825. The lowest BCUT2D eigenvalue weighted by atomic mass is 10.2. The molecule has 0 bridgehead atoms. The van der Waals surface area contributed by atoms with Crippen molar-refractivity contribution in [1.29, 1.82) is 0 Å². The number of aliphatic hydroxyl groups is 1. The Morgan fingerprint density at radius 2 is 2.06 bits per heavy atom. The standard InChI is InChI=1S/C14H19NO2/c1-15(2)10-6-12-17-14-9-4-3-7-13(14)8-5-11-16/h3-4,7,9,16H,6,10-12H2,1-2H3. The van der Waals surface area contributed by atoms with E-state index in [1.807, 2.05) is 38.4 Å². The highest BCUT2D eigenvalue weighted by atomic mass is 16.5. The zero-order chi connectivity index (χ0) is 12.5. The third-order valence-electron chi connectivity index (χ3n) is 2.20. The van der Waals surface area contributed by atoms with E-state index in [4.69, 9.17) is 9.84 Å². The van der Waals surface area contributed by atoms with Crippen LogP contribution in [0.2, 0.25) is 0 Å². The molecule has 92 valence electrons. The van der Waals surface area contributed by atoms with Gasteiger partial charge >= 0.3 is 0 Å². The van der Waals surface area contributed by atoms with Crippen LogP contribution in [0, 0.1) is 11.8 Å². The summed E-state index contributed by atoms with van der Waals surface area (Å²) in [6, 6.07) is 7.63. The Morgan fingerprint density at radius 1 is 1.29 bits per heavy atom. The Bertz CT molecular complexity index is 391. The SMILES string of the molecule is CN(C)CCCOc1ccccc1C#CCO. The number of hydrogen-bond donors (Lipinski definition) is 1. The molecule has 17 heavy (non-hydrogen) atoms. The summed E-state index contributed by atoms with van der Waals surface area (Å²) in [5, 5.41) is 8.67. The van der Waals surface area contributed by atoms with Crippen LogP contribution in [-0.2, 0) is 0 Å². The molecule has 0 saturated carbocycles. The van der Waals surface area contributed by atoms with Crippen LogP contribution in [0.3, 0.4) is 0 Å². The maximum atomic E-state index is 8.67. The Morgan fingerprint density at radius 3 is 2.76 bits per heavy atom. The molecule has 0 amide bonds. The van der Waals surface area contributed by atoms with E-state index in [2.05, 4.69) is 16.7 Å². The van der Waals surface area contributed by atoms with Crippen molar-refractivity contribution in [2.75, 3.05) is 33.9 Å². The molecule has 0 aliphatic heterocycles. The molecule has 1 aromatic carbocycles. The third-order valence-corrected chi connectivity index (χ3v) is 2.20. The number of hydrogen-bond acceptors (Lipinski definition) is 3. The number of rotatable bonds is 5. The van der Waals surface area contributed by atoms with Gasteiger partial charge in [-0.05, 0) is 32.6 Å². The minimum Gasteiger partial charge on any atom is -0.492 e. The van der Waals surface area contributed by atoms with E-state index in [-0.39, 0.29) is 6.61 Å². The molecule has 3 nitrogen and oxygen atoms in total. The first-order valence-electron chi connectivity index (χ1n) is 5.70. The average molecular weight is 233 g/mol. The van der Waals surface area contributed by atoms with Crippen molar-refractivity contribution in [3.05, 3.63) is 29.8 Å². The van der Waals surface area contributed by atoms with E-state index in [1.165, 1.54) is 0 Å². The minimum absolute atomic E-state index is 0.130. The largest absolute Gasteiger partial charge is 0.492 e. The lowest BCUT2D eigenvalue weighted by Crippen LogP contribution is -2.15. The van der Waals surface area contributed by atoms with Crippen LogP contribution in [0.25, 0.3) is 0 Å². The fourth-order valence-electron chi connectivity index (χ4n) is 1.39. The van der Waals surface area contributed by atoms with E-state index >= 15 is 0 Å². The molecule has 0 aromatic heterocycles. The van der Waals surface area contributed by atoms with Crippen molar-refractivity contribution in [1.82, 2.24) is 4.90 Å². The van der Waals surface area contributed by atoms with Gasteiger partial charge in [0.15, 0.2) is 0 Å². The van der Waals surface area contributed by atoms with Crippen LogP contribution in [0.1, 0.15) is 12.0 Å². The first-order chi connectivity index (χ1) is 8.24. The zero-order valence-electron chi connectivity index (χ0n) is 10.4. The predicted molar refractivity (Wildman–Crippen MR) is 69.1 cm³/mol. The molecule has 0 fully saturated rings. The normalized spacial score (nSPS) is 9.88. The zero-order valence-corrected chi connectivity index (χ0v) is 10.4. The molecule has 0 unspecified atom stereocenters. The first-order valence-corrected chi connectivity index (χ1v) is 5.70. The predicted octanol–water partition coefficient (Wildman–Crippen LogP) is 1.36. The van der Waals surface area contributed by atoms with E-state index in [0.29, 0.717) is 6.61 Å². The maximum absolute atomic E-state index is 8.67. The molecule has 0 aliphatic rings. The van der Waals surface area contributed by atoms with Gasteiger partial charge in [-0.2, -0.15) is 0 Å². The van der Waals surface area contributed by atoms with Gasteiger partial charge in [0, 0.05) is 6.54 Å². The van der Waals surface area contributed by atoms with Crippen LogP contribution in [0.15, 0.2) is 24.3 Å². The summed E-state index contributed by atoms with van der Waals surface area (Å²) < 4.78 is 5.67. The molecule has 1 rings (SSSR count). The molecule has 0 radical (unpaired) electrons. The van der Waals surface area contributed by atoms with E-state index in [0.717, 1.165) is 24.3 Å². The molecule has 0 saturated heterocycles. The first kappa shape index (κ1) is 13.6. The Balaban J connectivity index is 2.52. The third kappa shape index (κ3) is 5.39. The van der Waals surface area contributed by atoms with Crippen LogP contribution in [0.4, 0.5) is 0 Å². The fourth-order valence-corrected chi connectivity index (χ4v) is 1.39. The number of aliphatic hydroxyl groups excluding tert-OH is 1. The van der Waals surface area contributed by atoms with Gasteiger partial charge in [0.2, 0.25) is 0 Å². The van der Waals surface area contributed by atoms with Crippen LogP contribution in [0.5, 0.6) is 5.75 Å². The number of nitrogens with zero attached hydrogens (tertiary/aromatic N) is 1. The second-order valence-electron chi connectivity index (χ2n) is 3.96. The van der Waals surface area contributed by atoms with Gasteiger partial charge in [-0.3, -0.25) is 0 Å². The highest BCUT2D eigenvalue weighted by Crippen LogP contribution is 2.16. The number of benzene rings is 1. The molecule has 0 aliphatic carbocycles. The molecule has 0 heterocycles. The monoisotopic (exact) mass is 233 g/mol. The van der Waals surface area contributed by atoms with Gasteiger partial charge in [0.05, 0.1) is 12.2 Å². The van der Waals surface area contributed by atoms with Crippen molar-refractivity contribution >= 4 is 0 Å². The van der Waals surface area contributed by atoms with E-state index in [1.54, 1.807) is 0 Å². The lowest BCUT2D eigenvalue weighted by molar-refractivity contribution is 0.281. The van der Waals surface area contributed by atoms with Gasteiger partial charge in [0.1, 0.15) is 12.4 Å². The Hall–Kier alpha value is -1.50. The van der Waals surface area contributed by atoms with Gasteiger partial charge < -0.3 is 14.7 Å². The molecular formula is C14H19NO2. The average Bonchev–Trinajstić information content (AvgIpc) is 2.33. The summed E-state index contributed by atoms with van der Waals surface area (Å²) in [4.78, 5) is 2.13. The van der Waals surface area contributed by atoms with Gasteiger partial charge in [0.25, 0.3) is 0 Å². The Kier molecular flexibility index (Phi) is 6.16. The van der Waals surface area contributed by atoms with E-state index < -0.39 is 0 Å². The molecule has 1 aromatic rings. The van der Waals surface area contributed by atoms with Crippen molar-refractivity contribution in [3.8, 4) is 17.6 Å². The highest BCUT2D eigenvalue weighted by molar-refractivity contribution is 5.45. The van der Waals surface area contributed by atoms with E-state index in [9.17, 15) is 0 Å². The number of ether oxygens (including phenoxy) is 1.